The summed E-state index contributed by atoms with van der Waals surface area (Å²) in [6, 6.07) is 12.5. The minimum atomic E-state index is -1.02. The Bertz CT molecular complexity index is 1080. The van der Waals surface area contributed by atoms with Gasteiger partial charge in [-0.3, -0.25) is 9.78 Å². The molecule has 32 heavy (non-hydrogen) atoms. The van der Waals surface area contributed by atoms with Crippen LogP contribution in [0.15, 0.2) is 54.2 Å². The Hall–Kier alpha value is -2.30. The number of carboxylic acid groups (broad SMARTS) is 1. The van der Waals surface area contributed by atoms with Crippen molar-refractivity contribution in [3.05, 3.63) is 75.7 Å². The number of carbonyl (C=O) groups is 2. The van der Waals surface area contributed by atoms with Crippen molar-refractivity contribution in [2.45, 2.75) is 19.4 Å². The molecule has 1 aromatic heterocycles. The second kappa shape index (κ2) is 12.7. The zero-order valence-corrected chi connectivity index (χ0v) is 20.0. The Morgan fingerprint density at radius 3 is 2.62 bits per heavy atom. The minimum Gasteiger partial charge on any atom is -0.480 e. The molecule has 5 nitrogen and oxygen atoms in total. The van der Waals surface area contributed by atoms with Crippen LogP contribution in [0.2, 0.25) is 0 Å². The van der Waals surface area contributed by atoms with Crippen LogP contribution in [0.4, 0.5) is 0 Å². The van der Waals surface area contributed by atoms with E-state index in [9.17, 15) is 14.7 Å². The van der Waals surface area contributed by atoms with E-state index in [1.807, 2.05) is 61.7 Å². The minimum absolute atomic E-state index is 0. The van der Waals surface area contributed by atoms with E-state index in [0.717, 1.165) is 27.1 Å². The van der Waals surface area contributed by atoms with Crippen LogP contribution in [-0.4, -0.2) is 40.0 Å². The van der Waals surface area contributed by atoms with Gasteiger partial charge in [0.2, 0.25) is 0 Å². The molecule has 0 saturated heterocycles. The van der Waals surface area contributed by atoms with Crippen LogP contribution < -0.4 is 24.2 Å². The third-order valence-electron chi connectivity index (χ3n) is 4.83. The van der Waals surface area contributed by atoms with Crippen molar-refractivity contribution in [3.8, 4) is 11.1 Å². The molecule has 0 fully saturated rings. The molecule has 1 atom stereocenters. The molecule has 0 aliphatic carbocycles. The van der Waals surface area contributed by atoms with Crippen LogP contribution in [0.3, 0.4) is 0 Å². The van der Waals surface area contributed by atoms with Crippen LogP contribution in [-0.2, 0) is 4.79 Å². The number of aryl methyl sites for hydroxylation is 1. The number of aliphatic carboxylic acids is 1. The van der Waals surface area contributed by atoms with E-state index in [2.05, 4.69) is 10.3 Å². The molecule has 1 heterocycles. The summed E-state index contributed by atoms with van der Waals surface area (Å²) in [5, 5.41) is 12.2. The Kier molecular flexibility index (Phi) is 10.3. The van der Waals surface area contributed by atoms with E-state index >= 15 is 0 Å². The third-order valence-corrected chi connectivity index (χ3v) is 6.21. The van der Waals surface area contributed by atoms with Gasteiger partial charge in [0, 0.05) is 16.6 Å². The molecule has 0 saturated carbocycles. The molecule has 2 N–H and O–H groups in total. The fraction of sp³-hybridized carbons (Fsp3) is 0.208. The smallest absolute Gasteiger partial charge is 0.480 e. The van der Waals surface area contributed by atoms with Crippen molar-refractivity contribution in [1.82, 2.24) is 10.3 Å². The molecule has 0 spiro atoms. The zero-order valence-electron chi connectivity index (χ0n) is 18.4. The molecule has 1 unspecified atom stereocenters. The summed E-state index contributed by atoms with van der Waals surface area (Å²) in [7, 11) is 0. The van der Waals surface area contributed by atoms with Crippen LogP contribution >= 0.6 is 23.1 Å². The Labute approximate surface area is 208 Å². The first-order valence-corrected chi connectivity index (χ1v) is 12.1. The van der Waals surface area contributed by atoms with Crippen molar-refractivity contribution in [2.24, 2.45) is 0 Å². The maximum Gasteiger partial charge on any atom is 1.00 e. The third kappa shape index (κ3) is 6.85. The second-order valence-corrected chi connectivity index (χ2v) is 8.91. The largest absolute Gasteiger partial charge is 1.00 e. The first kappa shape index (κ1) is 26.0. The predicted molar refractivity (Wildman–Crippen MR) is 130 cm³/mol. The average Bonchev–Trinajstić information content (AvgIpc) is 3.29. The standard InChI is InChI=1S/C24H24N2O3S2.Li/c1-16-5-3-4-6-19(16)21-13-17(7-9-18-14-25-15-31-18)8-10-20(21)23(27)26-22(24(28)29)11-12-30-2;/h3-10,13-15,22H,11-12H2,1-2H3,(H,26,27)(H,28,29);/q;+1/b9-7+;. The average molecular weight is 460 g/mol. The molecular formula is C24H24LiN2O3S2+. The molecule has 0 aliphatic heterocycles. The normalized spacial score (nSPS) is 11.7. The molecule has 0 radical (unpaired) electrons. The number of aromatic nitrogens is 1. The molecule has 1 amide bonds. The van der Waals surface area contributed by atoms with Gasteiger partial charge in [-0.1, -0.05) is 36.4 Å². The number of nitrogens with one attached hydrogen (secondary N) is 1. The molecule has 160 valence electrons. The van der Waals surface area contributed by atoms with Crippen molar-refractivity contribution >= 4 is 47.1 Å². The molecule has 8 heteroatoms. The number of amides is 1. The molecule has 0 bridgehead atoms. The first-order valence-electron chi connectivity index (χ1n) is 9.79. The number of thiazole rings is 1. The summed E-state index contributed by atoms with van der Waals surface area (Å²) in [6.07, 6.45) is 8.05. The van der Waals surface area contributed by atoms with Gasteiger partial charge in [0.1, 0.15) is 6.04 Å². The number of carboxylic acids is 1. The maximum atomic E-state index is 13.1. The van der Waals surface area contributed by atoms with E-state index in [1.165, 1.54) is 0 Å². The number of benzene rings is 2. The number of nitrogens with zero attached hydrogens (tertiary/aromatic N) is 1. The van der Waals surface area contributed by atoms with Crippen LogP contribution in [0.25, 0.3) is 23.3 Å². The van der Waals surface area contributed by atoms with Crippen molar-refractivity contribution in [2.75, 3.05) is 12.0 Å². The topological polar surface area (TPSA) is 79.3 Å². The number of hydrogen-bond acceptors (Lipinski definition) is 5. The van der Waals surface area contributed by atoms with Crippen molar-refractivity contribution in [1.29, 1.82) is 0 Å². The molecular weight excluding hydrogens is 435 g/mol. The number of rotatable bonds is 9. The van der Waals surface area contributed by atoms with Gasteiger partial charge < -0.3 is 10.4 Å². The summed E-state index contributed by atoms with van der Waals surface area (Å²) >= 11 is 3.10. The maximum absolute atomic E-state index is 13.1. The van der Waals surface area contributed by atoms with Crippen molar-refractivity contribution in [3.63, 3.8) is 0 Å². The fourth-order valence-corrected chi connectivity index (χ4v) is 4.16. The number of hydrogen-bond donors (Lipinski definition) is 2. The van der Waals surface area contributed by atoms with Crippen LogP contribution in [0, 0.1) is 6.92 Å². The summed E-state index contributed by atoms with van der Waals surface area (Å²) < 4.78 is 0. The van der Waals surface area contributed by atoms with Crippen LogP contribution in [0.1, 0.15) is 32.8 Å². The Morgan fingerprint density at radius 2 is 1.97 bits per heavy atom. The van der Waals surface area contributed by atoms with Crippen molar-refractivity contribution < 1.29 is 33.6 Å². The fourth-order valence-electron chi connectivity index (χ4n) is 3.18. The molecule has 0 aliphatic rings. The van der Waals surface area contributed by atoms with Gasteiger partial charge in [-0.25, -0.2) is 4.79 Å². The van der Waals surface area contributed by atoms with Gasteiger partial charge in [0.15, 0.2) is 0 Å². The number of thioether (sulfide) groups is 1. The van der Waals surface area contributed by atoms with Gasteiger partial charge in [0.25, 0.3) is 5.91 Å². The Morgan fingerprint density at radius 1 is 1.19 bits per heavy atom. The van der Waals surface area contributed by atoms with E-state index in [1.54, 1.807) is 40.9 Å². The summed E-state index contributed by atoms with van der Waals surface area (Å²) in [5.41, 5.74) is 5.94. The van der Waals surface area contributed by atoms with Gasteiger partial charge in [0.05, 0.1) is 5.51 Å². The first-order chi connectivity index (χ1) is 15.0. The van der Waals surface area contributed by atoms with Gasteiger partial charge in [-0.05, 0) is 65.8 Å². The SMILES string of the molecule is CSCCC(NC(=O)c1ccc(/C=C/c2cncs2)cc1-c1ccccc1C)C(=O)O.[Li+]. The van der Waals surface area contributed by atoms with E-state index in [0.29, 0.717) is 17.7 Å². The molecule has 3 rings (SSSR count). The summed E-state index contributed by atoms with van der Waals surface area (Å²) in [6.45, 7) is 2.00. The predicted octanol–water partition coefficient (Wildman–Crippen LogP) is 2.23. The van der Waals surface area contributed by atoms with Gasteiger partial charge in [-0.15, -0.1) is 11.3 Å². The van der Waals surface area contributed by atoms with Gasteiger partial charge in [-0.2, -0.15) is 11.8 Å². The monoisotopic (exact) mass is 459 g/mol. The quantitative estimate of drug-likeness (QED) is 0.480. The van der Waals surface area contributed by atoms with Crippen LogP contribution in [0.5, 0.6) is 0 Å². The molecule has 3 aromatic rings. The van der Waals surface area contributed by atoms with E-state index in [4.69, 9.17) is 0 Å². The zero-order chi connectivity index (χ0) is 22.2. The second-order valence-electron chi connectivity index (χ2n) is 7.00. The summed E-state index contributed by atoms with van der Waals surface area (Å²) in [4.78, 5) is 29.8. The van der Waals surface area contributed by atoms with Gasteiger partial charge >= 0.3 is 24.8 Å². The molecule has 2 aromatic carbocycles. The van der Waals surface area contributed by atoms with E-state index in [-0.39, 0.29) is 24.8 Å². The Balaban J connectivity index is 0.00000363. The summed E-state index contributed by atoms with van der Waals surface area (Å²) in [5.74, 6) is -0.753. The van der Waals surface area contributed by atoms with E-state index < -0.39 is 12.0 Å². The number of carbonyl (C=O) groups excluding carboxylic acids is 1.